The maximum Gasteiger partial charge on any atom is 0.318 e. The lowest BCUT2D eigenvalue weighted by Crippen LogP contribution is -2.42. The van der Waals surface area contributed by atoms with Gasteiger partial charge in [0.15, 0.2) is 0 Å². The van der Waals surface area contributed by atoms with Crippen LogP contribution in [0.5, 0.6) is 0 Å². The minimum absolute atomic E-state index is 0.0557. The van der Waals surface area contributed by atoms with Crippen LogP contribution in [0.25, 0.3) is 5.69 Å². The lowest BCUT2D eigenvalue weighted by molar-refractivity contribution is 0.143. The molecule has 0 spiro atoms. The second kappa shape index (κ2) is 8.97. The molecule has 150 valence electrons. The van der Waals surface area contributed by atoms with Crippen molar-refractivity contribution in [3.05, 3.63) is 89.7 Å². The topological polar surface area (TPSA) is 46.5 Å². The minimum Gasteiger partial charge on any atom is -0.382 e. The number of carbonyl (C=O) groups is 1. The number of carbonyl (C=O) groups excluding carboxylic acids is 1. The van der Waals surface area contributed by atoms with Gasteiger partial charge in [-0.15, -0.1) is 0 Å². The van der Waals surface area contributed by atoms with Crippen LogP contribution in [0, 0.1) is 0 Å². The Morgan fingerprint density at radius 2 is 1.86 bits per heavy atom. The van der Waals surface area contributed by atoms with Crippen LogP contribution in [0.3, 0.4) is 0 Å². The zero-order chi connectivity index (χ0) is 20.1. The van der Waals surface area contributed by atoms with Crippen LogP contribution >= 0.6 is 0 Å². The number of ether oxygens (including phenoxy) is 1. The number of amides is 2. The van der Waals surface area contributed by atoms with Gasteiger partial charge in [0.1, 0.15) is 0 Å². The van der Waals surface area contributed by atoms with Crippen LogP contribution in [-0.4, -0.2) is 35.3 Å². The summed E-state index contributed by atoms with van der Waals surface area (Å²) in [6.45, 7) is 4.48. The predicted octanol–water partition coefficient (Wildman–Crippen LogP) is 4.52. The molecular weight excluding hydrogens is 362 g/mol. The average Bonchev–Trinajstić information content (AvgIpc) is 3.18. The Bertz CT molecular complexity index is 952. The van der Waals surface area contributed by atoms with Gasteiger partial charge in [0.05, 0.1) is 18.3 Å². The lowest BCUT2D eigenvalue weighted by atomic mass is 10.0. The number of para-hydroxylation sites is 1. The summed E-state index contributed by atoms with van der Waals surface area (Å²) in [5.74, 6) is 0. The molecule has 0 fully saturated rings. The van der Waals surface area contributed by atoms with Crippen molar-refractivity contribution in [1.82, 2.24) is 14.8 Å². The van der Waals surface area contributed by atoms with Gasteiger partial charge in [0.2, 0.25) is 0 Å². The van der Waals surface area contributed by atoms with Crippen molar-refractivity contribution in [3.8, 4) is 5.69 Å². The number of fused-ring (bicyclic) bond motifs is 3. The zero-order valence-electron chi connectivity index (χ0n) is 16.8. The van der Waals surface area contributed by atoms with Gasteiger partial charge in [-0.05, 0) is 42.7 Å². The van der Waals surface area contributed by atoms with Crippen LogP contribution in [0.15, 0.2) is 72.9 Å². The molecule has 29 heavy (non-hydrogen) atoms. The normalized spacial score (nSPS) is 15.3. The molecule has 2 heterocycles. The SMILES string of the molecule is CCOCCCNC(=O)N1Cc2ccccc2-n2cccc2[C@H]1c1ccccc1. The molecule has 1 aliphatic rings. The number of nitrogens with zero attached hydrogens (tertiary/aromatic N) is 2. The van der Waals surface area contributed by atoms with E-state index in [4.69, 9.17) is 4.74 Å². The Labute approximate surface area is 171 Å². The molecule has 5 heteroatoms. The number of hydrogen-bond donors (Lipinski definition) is 1. The van der Waals surface area contributed by atoms with Gasteiger partial charge in [-0.25, -0.2) is 4.79 Å². The molecule has 0 aliphatic carbocycles. The van der Waals surface area contributed by atoms with Crippen molar-refractivity contribution in [1.29, 1.82) is 0 Å². The summed E-state index contributed by atoms with van der Waals surface area (Å²) < 4.78 is 7.59. The highest BCUT2D eigenvalue weighted by Gasteiger charge is 2.32. The molecule has 1 atom stereocenters. The van der Waals surface area contributed by atoms with Gasteiger partial charge < -0.3 is 19.5 Å². The summed E-state index contributed by atoms with van der Waals surface area (Å²) in [4.78, 5) is 15.2. The van der Waals surface area contributed by atoms with E-state index in [1.54, 1.807) is 0 Å². The molecule has 2 aromatic carbocycles. The fraction of sp³-hybridized carbons (Fsp3) is 0.292. The number of nitrogens with one attached hydrogen (secondary N) is 1. The van der Waals surface area contributed by atoms with Crippen LogP contribution in [0.4, 0.5) is 4.79 Å². The molecule has 2 amide bonds. The summed E-state index contributed by atoms with van der Waals surface area (Å²) in [5, 5.41) is 3.09. The largest absolute Gasteiger partial charge is 0.382 e. The van der Waals surface area contributed by atoms with Crippen molar-refractivity contribution in [2.45, 2.75) is 25.9 Å². The maximum atomic E-state index is 13.3. The number of urea groups is 1. The van der Waals surface area contributed by atoms with E-state index in [1.807, 2.05) is 48.2 Å². The highest BCUT2D eigenvalue weighted by molar-refractivity contribution is 5.76. The van der Waals surface area contributed by atoms with Gasteiger partial charge >= 0.3 is 6.03 Å². The molecule has 3 aromatic rings. The Kier molecular flexibility index (Phi) is 5.96. The first-order chi connectivity index (χ1) is 14.3. The number of aromatic nitrogens is 1. The van der Waals surface area contributed by atoms with E-state index in [9.17, 15) is 4.79 Å². The monoisotopic (exact) mass is 389 g/mol. The Hall–Kier alpha value is -3.05. The van der Waals surface area contributed by atoms with E-state index in [0.717, 1.165) is 28.9 Å². The van der Waals surface area contributed by atoms with E-state index in [2.05, 4.69) is 46.4 Å². The summed E-state index contributed by atoms with van der Waals surface area (Å²) >= 11 is 0. The van der Waals surface area contributed by atoms with E-state index >= 15 is 0 Å². The highest BCUT2D eigenvalue weighted by atomic mass is 16.5. The first-order valence-electron chi connectivity index (χ1n) is 10.2. The molecule has 0 radical (unpaired) electrons. The third-order valence-corrected chi connectivity index (χ3v) is 5.29. The Morgan fingerprint density at radius 3 is 2.69 bits per heavy atom. The smallest absolute Gasteiger partial charge is 0.318 e. The fourth-order valence-corrected chi connectivity index (χ4v) is 3.94. The molecule has 1 aromatic heterocycles. The third kappa shape index (κ3) is 4.05. The van der Waals surface area contributed by atoms with Gasteiger partial charge in [0, 0.05) is 31.6 Å². The van der Waals surface area contributed by atoms with Gasteiger partial charge in [-0.3, -0.25) is 0 Å². The van der Waals surface area contributed by atoms with E-state index in [0.29, 0.717) is 26.3 Å². The van der Waals surface area contributed by atoms with Crippen molar-refractivity contribution >= 4 is 6.03 Å². The van der Waals surface area contributed by atoms with Crippen LogP contribution in [-0.2, 0) is 11.3 Å². The molecule has 0 unspecified atom stereocenters. The number of rotatable bonds is 6. The van der Waals surface area contributed by atoms with Crippen LogP contribution in [0.2, 0.25) is 0 Å². The van der Waals surface area contributed by atoms with E-state index in [1.165, 1.54) is 0 Å². The third-order valence-electron chi connectivity index (χ3n) is 5.29. The van der Waals surface area contributed by atoms with Crippen LogP contribution in [0.1, 0.15) is 36.2 Å². The molecule has 0 saturated carbocycles. The molecular formula is C24H27N3O2. The van der Waals surface area contributed by atoms with Gasteiger partial charge in [0.25, 0.3) is 0 Å². The van der Waals surface area contributed by atoms with Crippen molar-refractivity contribution < 1.29 is 9.53 Å². The van der Waals surface area contributed by atoms with Crippen molar-refractivity contribution in [2.24, 2.45) is 0 Å². The van der Waals surface area contributed by atoms with Crippen LogP contribution < -0.4 is 5.32 Å². The van der Waals surface area contributed by atoms with E-state index < -0.39 is 0 Å². The maximum absolute atomic E-state index is 13.3. The van der Waals surface area contributed by atoms with Gasteiger partial charge in [-0.1, -0.05) is 48.5 Å². The second-order valence-corrected chi connectivity index (χ2v) is 7.16. The fourth-order valence-electron chi connectivity index (χ4n) is 3.94. The zero-order valence-corrected chi connectivity index (χ0v) is 16.8. The number of benzene rings is 2. The molecule has 1 N–H and O–H groups in total. The second-order valence-electron chi connectivity index (χ2n) is 7.16. The first kappa shape index (κ1) is 19.3. The highest BCUT2D eigenvalue weighted by Crippen LogP contribution is 2.36. The standard InChI is InChI=1S/C24H27N3O2/c1-2-29-17-9-15-25-24(28)27-18-20-12-6-7-13-21(20)26-16-8-14-22(26)23(27)19-10-4-3-5-11-19/h3-8,10-14,16,23H,2,9,15,17-18H2,1H3,(H,25,28)/t23-/m1/s1. The Balaban J connectivity index is 1.69. The van der Waals surface area contributed by atoms with Crippen molar-refractivity contribution in [2.75, 3.05) is 19.8 Å². The van der Waals surface area contributed by atoms with E-state index in [-0.39, 0.29) is 12.1 Å². The summed E-state index contributed by atoms with van der Waals surface area (Å²) in [7, 11) is 0. The molecule has 5 nitrogen and oxygen atoms in total. The average molecular weight is 389 g/mol. The summed E-state index contributed by atoms with van der Waals surface area (Å²) in [6.07, 6.45) is 2.88. The first-order valence-corrected chi connectivity index (χ1v) is 10.2. The predicted molar refractivity (Wildman–Crippen MR) is 114 cm³/mol. The quantitative estimate of drug-likeness (QED) is 0.630. The molecule has 0 saturated heterocycles. The summed E-state index contributed by atoms with van der Waals surface area (Å²) in [5.41, 5.74) is 4.45. The molecule has 0 bridgehead atoms. The lowest BCUT2D eigenvalue weighted by Gasteiger charge is -2.31. The minimum atomic E-state index is -0.162. The molecule has 1 aliphatic heterocycles. The van der Waals surface area contributed by atoms with Gasteiger partial charge in [-0.2, -0.15) is 0 Å². The number of hydrogen-bond acceptors (Lipinski definition) is 2. The Morgan fingerprint density at radius 1 is 1.07 bits per heavy atom. The summed E-state index contributed by atoms with van der Waals surface area (Å²) in [6, 6.07) is 22.5. The molecule has 4 rings (SSSR count). The van der Waals surface area contributed by atoms with Crippen molar-refractivity contribution in [3.63, 3.8) is 0 Å².